The van der Waals surface area contributed by atoms with Crippen LogP contribution in [0.1, 0.15) is 33.1 Å². The van der Waals surface area contributed by atoms with Gasteiger partial charge in [-0.1, -0.05) is 13.0 Å². The monoisotopic (exact) mass is 246 g/mol. The lowest BCUT2D eigenvalue weighted by molar-refractivity contribution is -0.143. The van der Waals surface area contributed by atoms with E-state index in [1.54, 1.807) is 13.0 Å². The quantitative estimate of drug-likeness (QED) is 0.543. The Labute approximate surface area is 99.9 Å². The van der Waals surface area contributed by atoms with Crippen LogP contribution in [0.15, 0.2) is 12.2 Å². The molecule has 0 atom stereocenters. The van der Waals surface area contributed by atoms with Crippen molar-refractivity contribution in [3.8, 4) is 0 Å². The molecule has 6 heteroatoms. The van der Waals surface area contributed by atoms with Crippen LogP contribution in [0, 0.1) is 0 Å². The molecule has 0 rings (SSSR count). The van der Waals surface area contributed by atoms with Crippen LogP contribution in [-0.4, -0.2) is 34.7 Å². The molecule has 0 aromatic heterocycles. The molecule has 98 valence electrons. The van der Waals surface area contributed by atoms with Gasteiger partial charge in [-0.3, -0.25) is 9.59 Å². The number of carbonyl (C=O) groups excluding carboxylic acids is 1. The number of aliphatic carboxylic acids is 2. The maximum atomic E-state index is 10.5. The van der Waals surface area contributed by atoms with Gasteiger partial charge in [0.1, 0.15) is 0 Å². The van der Waals surface area contributed by atoms with Gasteiger partial charge in [-0.15, -0.1) is 0 Å². The van der Waals surface area contributed by atoms with Crippen LogP contribution < -0.4 is 0 Å². The van der Waals surface area contributed by atoms with E-state index in [1.807, 2.05) is 6.92 Å². The average Bonchev–Trinajstić information content (AvgIpc) is 2.25. The molecule has 17 heavy (non-hydrogen) atoms. The number of esters is 1. The summed E-state index contributed by atoms with van der Waals surface area (Å²) in [6, 6.07) is 0. The molecule has 0 saturated heterocycles. The highest BCUT2D eigenvalue weighted by molar-refractivity contribution is 5.81. The third-order valence-corrected chi connectivity index (χ3v) is 1.30. The second-order valence-electron chi connectivity index (χ2n) is 2.95. The van der Waals surface area contributed by atoms with Crippen molar-refractivity contribution in [1.29, 1.82) is 0 Å². The standard InChI is InChI=1S/C7H12O2.C4H6O4/c1-3-5-7(8)9-6-4-2;5-3(6)1-2-4(7)8/h3,5H,4,6H2,1-2H3;1-2H2,(H,5,6)(H,7,8). The zero-order valence-electron chi connectivity index (χ0n) is 10.0. The van der Waals surface area contributed by atoms with Gasteiger partial charge in [0.15, 0.2) is 0 Å². The number of allylic oxidation sites excluding steroid dienone is 1. The van der Waals surface area contributed by atoms with Gasteiger partial charge in [-0.25, -0.2) is 4.79 Å². The van der Waals surface area contributed by atoms with E-state index < -0.39 is 11.9 Å². The van der Waals surface area contributed by atoms with E-state index in [1.165, 1.54) is 6.08 Å². The Kier molecular flexibility index (Phi) is 12.6. The topological polar surface area (TPSA) is 101 Å². The van der Waals surface area contributed by atoms with Crippen molar-refractivity contribution in [2.45, 2.75) is 33.1 Å². The summed E-state index contributed by atoms with van der Waals surface area (Å²) >= 11 is 0. The molecule has 0 aliphatic carbocycles. The van der Waals surface area contributed by atoms with Gasteiger partial charge < -0.3 is 14.9 Å². The molecule has 0 bridgehead atoms. The molecular formula is C11H18O6. The first-order valence-electron chi connectivity index (χ1n) is 5.17. The van der Waals surface area contributed by atoms with E-state index in [9.17, 15) is 14.4 Å². The second-order valence-corrected chi connectivity index (χ2v) is 2.95. The lowest BCUT2D eigenvalue weighted by Crippen LogP contribution is -2.00. The van der Waals surface area contributed by atoms with Crippen molar-refractivity contribution in [2.75, 3.05) is 6.61 Å². The summed E-state index contributed by atoms with van der Waals surface area (Å²) in [5.74, 6) is -2.40. The van der Waals surface area contributed by atoms with Gasteiger partial charge in [0.05, 0.1) is 19.4 Å². The molecule has 0 amide bonds. The van der Waals surface area contributed by atoms with Crippen LogP contribution in [0.4, 0.5) is 0 Å². The Morgan fingerprint density at radius 3 is 1.88 bits per heavy atom. The van der Waals surface area contributed by atoms with Crippen LogP contribution in [0.2, 0.25) is 0 Å². The van der Waals surface area contributed by atoms with Gasteiger partial charge in [0.2, 0.25) is 0 Å². The summed E-state index contributed by atoms with van der Waals surface area (Å²) in [6.45, 7) is 4.26. The molecule has 0 radical (unpaired) electrons. The van der Waals surface area contributed by atoms with Crippen LogP contribution >= 0.6 is 0 Å². The maximum Gasteiger partial charge on any atom is 0.330 e. The molecule has 2 N–H and O–H groups in total. The summed E-state index contributed by atoms with van der Waals surface area (Å²) in [5, 5.41) is 15.8. The Balaban J connectivity index is 0. The number of hydrogen-bond acceptors (Lipinski definition) is 4. The number of carboxylic acid groups (broad SMARTS) is 2. The number of carbonyl (C=O) groups is 3. The second kappa shape index (κ2) is 12.2. The zero-order valence-corrected chi connectivity index (χ0v) is 10.0. The van der Waals surface area contributed by atoms with Crippen molar-refractivity contribution in [3.05, 3.63) is 12.2 Å². The molecule has 0 unspecified atom stereocenters. The Bertz CT molecular complexity index is 255. The Morgan fingerprint density at radius 2 is 1.59 bits per heavy atom. The highest BCUT2D eigenvalue weighted by atomic mass is 16.5. The largest absolute Gasteiger partial charge is 0.481 e. The fraction of sp³-hybridized carbons (Fsp3) is 0.545. The normalized spacial score (nSPS) is 9.29. The third kappa shape index (κ3) is 20.3. The smallest absolute Gasteiger partial charge is 0.330 e. The third-order valence-electron chi connectivity index (χ3n) is 1.30. The Hall–Kier alpha value is -1.85. The fourth-order valence-corrected chi connectivity index (χ4v) is 0.601. The molecular weight excluding hydrogens is 228 g/mol. The lowest BCUT2D eigenvalue weighted by Gasteiger charge is -1.95. The van der Waals surface area contributed by atoms with Gasteiger partial charge in [-0.2, -0.15) is 0 Å². The predicted molar refractivity (Wildman–Crippen MR) is 60.6 cm³/mol. The maximum absolute atomic E-state index is 10.5. The van der Waals surface area contributed by atoms with E-state index in [4.69, 9.17) is 14.9 Å². The summed E-state index contributed by atoms with van der Waals surface area (Å²) in [6.07, 6.45) is 3.36. The zero-order chi connectivity index (χ0) is 13.7. The van der Waals surface area contributed by atoms with Crippen molar-refractivity contribution < 1.29 is 29.3 Å². The summed E-state index contributed by atoms with van der Waals surface area (Å²) < 4.78 is 4.71. The van der Waals surface area contributed by atoms with E-state index >= 15 is 0 Å². The van der Waals surface area contributed by atoms with Gasteiger partial charge in [0, 0.05) is 6.08 Å². The molecule has 0 spiro atoms. The summed E-state index contributed by atoms with van der Waals surface area (Å²) in [7, 11) is 0. The summed E-state index contributed by atoms with van der Waals surface area (Å²) in [4.78, 5) is 29.8. The summed E-state index contributed by atoms with van der Waals surface area (Å²) in [5.41, 5.74) is 0. The highest BCUT2D eigenvalue weighted by Crippen LogP contribution is 1.86. The van der Waals surface area contributed by atoms with E-state index in [-0.39, 0.29) is 18.8 Å². The average molecular weight is 246 g/mol. The SMILES string of the molecule is CC=CC(=O)OCCC.O=C(O)CCC(=O)O. The van der Waals surface area contributed by atoms with Gasteiger partial charge in [0.25, 0.3) is 0 Å². The minimum atomic E-state index is -1.08. The molecule has 0 aliphatic heterocycles. The highest BCUT2D eigenvalue weighted by Gasteiger charge is 2.00. The first-order valence-corrected chi connectivity index (χ1v) is 5.17. The molecule has 6 nitrogen and oxygen atoms in total. The van der Waals surface area contributed by atoms with E-state index in [0.717, 1.165) is 6.42 Å². The molecule has 0 aromatic carbocycles. The number of carboxylic acids is 2. The first-order chi connectivity index (χ1) is 7.93. The molecule has 0 aromatic rings. The van der Waals surface area contributed by atoms with Crippen LogP contribution in [0.5, 0.6) is 0 Å². The van der Waals surface area contributed by atoms with Crippen LogP contribution in [0.25, 0.3) is 0 Å². The van der Waals surface area contributed by atoms with Crippen molar-refractivity contribution in [2.24, 2.45) is 0 Å². The minimum Gasteiger partial charge on any atom is -0.481 e. The molecule has 0 aliphatic rings. The molecule has 0 saturated carbocycles. The van der Waals surface area contributed by atoms with Crippen molar-refractivity contribution >= 4 is 17.9 Å². The van der Waals surface area contributed by atoms with Gasteiger partial charge in [-0.05, 0) is 13.3 Å². The Morgan fingerprint density at radius 1 is 1.12 bits per heavy atom. The predicted octanol–water partition coefficient (Wildman–Crippen LogP) is 1.45. The number of hydrogen-bond donors (Lipinski definition) is 2. The van der Waals surface area contributed by atoms with Crippen molar-refractivity contribution in [3.63, 3.8) is 0 Å². The van der Waals surface area contributed by atoms with Gasteiger partial charge >= 0.3 is 17.9 Å². The van der Waals surface area contributed by atoms with Crippen LogP contribution in [0.3, 0.4) is 0 Å². The molecule has 0 heterocycles. The van der Waals surface area contributed by atoms with E-state index in [2.05, 4.69) is 0 Å². The first kappa shape index (κ1) is 17.5. The minimum absolute atomic E-state index is 0.251. The fourth-order valence-electron chi connectivity index (χ4n) is 0.601. The van der Waals surface area contributed by atoms with E-state index in [0.29, 0.717) is 6.61 Å². The van der Waals surface area contributed by atoms with Crippen LogP contribution in [-0.2, 0) is 19.1 Å². The lowest BCUT2D eigenvalue weighted by atomic mass is 10.3. The van der Waals surface area contributed by atoms with Crippen molar-refractivity contribution in [1.82, 2.24) is 0 Å². The number of rotatable bonds is 6. The molecule has 0 fully saturated rings. The number of ether oxygens (including phenoxy) is 1.